The fourth-order valence-corrected chi connectivity index (χ4v) is 3.80. The van der Waals surface area contributed by atoms with E-state index in [1.165, 1.54) is 17.0 Å². The maximum absolute atomic E-state index is 14.6. The van der Waals surface area contributed by atoms with Crippen molar-refractivity contribution in [3.05, 3.63) is 50.7 Å². The molecule has 3 atom stereocenters. The van der Waals surface area contributed by atoms with Gasteiger partial charge in [0.2, 0.25) is 5.91 Å². The summed E-state index contributed by atoms with van der Waals surface area (Å²) >= 11 is 3.09. The van der Waals surface area contributed by atoms with Gasteiger partial charge in [0.25, 0.3) is 5.91 Å². The monoisotopic (exact) mass is 423 g/mol. The smallest absolute Gasteiger partial charge is 0.328 e. The second-order valence-corrected chi connectivity index (χ2v) is 7.36. The lowest BCUT2D eigenvalue weighted by Crippen LogP contribution is -2.51. The molecule has 1 fully saturated rings. The minimum Gasteiger partial charge on any atom is -0.328 e. The van der Waals surface area contributed by atoms with Gasteiger partial charge < -0.3 is 10.2 Å². The standard InChI is InChI=1S/C17H13BrF2N4O2/c18-10-3-2-9-13(14(10)20)17(6-11(17)19)8-24(15(9)26)7-12(25)23-16-21-4-1-5-22-16/h1-4,11,16H,6-8H2,(H,23,25)/p+1. The molecule has 1 spiro atoms. The zero-order valence-electron chi connectivity index (χ0n) is 13.4. The Bertz CT molecular complexity index is 910. The van der Waals surface area contributed by atoms with E-state index < -0.39 is 35.5 Å². The Morgan fingerprint density at radius 1 is 1.54 bits per heavy atom. The van der Waals surface area contributed by atoms with Gasteiger partial charge in [0, 0.05) is 23.9 Å². The van der Waals surface area contributed by atoms with Crippen molar-refractivity contribution >= 4 is 27.7 Å². The molecule has 0 aromatic heterocycles. The zero-order valence-corrected chi connectivity index (χ0v) is 15.0. The molecule has 2 aliphatic heterocycles. The van der Waals surface area contributed by atoms with E-state index in [0.29, 0.717) is 0 Å². The van der Waals surface area contributed by atoms with Gasteiger partial charge in [-0.15, -0.1) is 0 Å². The summed E-state index contributed by atoms with van der Waals surface area (Å²) in [5.41, 5.74) is -0.857. The van der Waals surface area contributed by atoms with Crippen molar-refractivity contribution in [3.63, 3.8) is 0 Å². The van der Waals surface area contributed by atoms with Crippen LogP contribution in [0.5, 0.6) is 0 Å². The van der Waals surface area contributed by atoms with Crippen molar-refractivity contribution in [2.24, 2.45) is 0 Å². The van der Waals surface area contributed by atoms with E-state index in [9.17, 15) is 18.4 Å². The number of fused-ring (bicyclic) bond motifs is 2. The lowest BCUT2D eigenvalue weighted by Gasteiger charge is -2.34. The summed E-state index contributed by atoms with van der Waals surface area (Å²) in [6.45, 7) is -0.296. The Kier molecular flexibility index (Phi) is 3.95. The number of benzene rings is 1. The van der Waals surface area contributed by atoms with Gasteiger partial charge in [-0.25, -0.2) is 8.78 Å². The van der Waals surface area contributed by atoms with E-state index >= 15 is 0 Å². The molecule has 26 heavy (non-hydrogen) atoms. The summed E-state index contributed by atoms with van der Waals surface area (Å²) in [5, 5.41) is 5.39. The molecular weight excluding hydrogens is 410 g/mol. The normalized spacial score (nSPS) is 28.1. The van der Waals surface area contributed by atoms with Crippen LogP contribution >= 0.6 is 15.9 Å². The van der Waals surface area contributed by atoms with Crippen LogP contribution < -0.4 is 10.6 Å². The number of alkyl halides is 1. The van der Waals surface area contributed by atoms with Crippen LogP contribution in [0.3, 0.4) is 0 Å². The number of halogens is 3. The van der Waals surface area contributed by atoms with Gasteiger partial charge >= 0.3 is 12.4 Å². The topological polar surface area (TPSA) is 65.8 Å². The molecule has 2 N–H and O–H groups in total. The lowest BCUT2D eigenvalue weighted by atomic mass is 9.85. The number of nitrogens with zero attached hydrogens (tertiary/aromatic N) is 2. The van der Waals surface area contributed by atoms with Crippen LogP contribution in [0.25, 0.3) is 4.85 Å². The maximum Gasteiger partial charge on any atom is 0.426 e. The predicted molar refractivity (Wildman–Crippen MR) is 92.6 cm³/mol. The Morgan fingerprint density at radius 2 is 2.31 bits per heavy atom. The van der Waals surface area contributed by atoms with Crippen LogP contribution in [0.2, 0.25) is 0 Å². The molecule has 1 aliphatic carbocycles. The van der Waals surface area contributed by atoms with Gasteiger partial charge in [-0.3, -0.25) is 14.9 Å². The van der Waals surface area contributed by atoms with E-state index in [2.05, 4.69) is 37.5 Å². The van der Waals surface area contributed by atoms with Crippen LogP contribution in [0.4, 0.5) is 8.78 Å². The number of hydrogen-bond acceptors (Lipinski definition) is 3. The second-order valence-electron chi connectivity index (χ2n) is 6.50. The summed E-state index contributed by atoms with van der Waals surface area (Å²) in [6.07, 6.45) is 1.35. The molecule has 9 heteroatoms. The van der Waals surface area contributed by atoms with Gasteiger partial charge in [-0.2, -0.15) is 0 Å². The molecule has 1 saturated carbocycles. The molecule has 6 nitrogen and oxygen atoms in total. The third-order valence-corrected chi connectivity index (χ3v) is 5.43. The molecule has 4 rings (SSSR count). The van der Waals surface area contributed by atoms with Gasteiger partial charge in [-0.05, 0) is 39.3 Å². The molecule has 0 radical (unpaired) electrons. The first-order chi connectivity index (χ1) is 12.4. The molecule has 3 unspecified atom stereocenters. The Balaban J connectivity index is 1.57. The fourth-order valence-electron chi connectivity index (χ4n) is 3.47. The highest BCUT2D eigenvalue weighted by Crippen LogP contribution is 2.55. The Labute approximate surface area is 156 Å². The van der Waals surface area contributed by atoms with E-state index in [0.717, 1.165) is 0 Å². The molecule has 134 valence electrons. The SMILES string of the molecule is O=C(CN1CC2(CC2F)c2c(ccc(Br)c2F)C1=O)NC1[N+]#CC=CN1. The van der Waals surface area contributed by atoms with E-state index in [4.69, 9.17) is 0 Å². The number of amides is 2. The maximum atomic E-state index is 14.6. The van der Waals surface area contributed by atoms with Crippen molar-refractivity contribution < 1.29 is 18.4 Å². The van der Waals surface area contributed by atoms with Crippen LogP contribution in [0, 0.1) is 11.9 Å². The molecule has 2 heterocycles. The number of carbonyl (C=O) groups is 2. The highest BCUT2D eigenvalue weighted by molar-refractivity contribution is 9.10. The van der Waals surface area contributed by atoms with Crippen LogP contribution in [-0.4, -0.2) is 42.3 Å². The first-order valence-electron chi connectivity index (χ1n) is 8.00. The molecule has 0 bridgehead atoms. The highest BCUT2D eigenvalue weighted by Gasteiger charge is 2.62. The first-order valence-corrected chi connectivity index (χ1v) is 8.79. The van der Waals surface area contributed by atoms with E-state index in [1.807, 2.05) is 0 Å². The van der Waals surface area contributed by atoms with Gasteiger partial charge in [0.1, 0.15) is 18.5 Å². The fraction of sp³-hybridized carbons (Fsp3) is 0.353. The van der Waals surface area contributed by atoms with Crippen molar-refractivity contribution in [2.45, 2.75) is 24.3 Å². The summed E-state index contributed by atoms with van der Waals surface area (Å²) in [6, 6.07) is 5.48. The number of nitrogens with one attached hydrogen (secondary N) is 2. The quantitative estimate of drug-likeness (QED) is 0.779. The second kappa shape index (κ2) is 6.06. The molecule has 3 aliphatic rings. The minimum absolute atomic E-state index is 0.0335. The Hall–Kier alpha value is -2.47. The summed E-state index contributed by atoms with van der Waals surface area (Å²) in [5.74, 6) is -1.55. The van der Waals surface area contributed by atoms with Crippen molar-refractivity contribution in [1.82, 2.24) is 15.5 Å². The van der Waals surface area contributed by atoms with Crippen molar-refractivity contribution in [2.75, 3.05) is 13.1 Å². The van der Waals surface area contributed by atoms with E-state index in [-0.39, 0.29) is 35.1 Å². The number of allylic oxidation sites excluding steroid dienone is 1. The predicted octanol–water partition coefficient (Wildman–Crippen LogP) is 1.87. The largest absolute Gasteiger partial charge is 0.426 e. The minimum atomic E-state index is -1.24. The Morgan fingerprint density at radius 3 is 2.96 bits per heavy atom. The molecular formula is C17H14BrF2N4O2+. The molecule has 0 saturated heterocycles. The summed E-state index contributed by atoms with van der Waals surface area (Å²) in [4.78, 5) is 30.1. The third kappa shape index (κ3) is 2.65. The van der Waals surface area contributed by atoms with E-state index in [1.54, 1.807) is 12.3 Å². The van der Waals surface area contributed by atoms with Gasteiger partial charge in [0.15, 0.2) is 0 Å². The molecule has 1 aromatic rings. The first kappa shape index (κ1) is 17.0. The van der Waals surface area contributed by atoms with Gasteiger partial charge in [-0.1, -0.05) is 0 Å². The highest BCUT2D eigenvalue weighted by atomic mass is 79.9. The van der Waals surface area contributed by atoms with Crippen molar-refractivity contribution in [3.8, 4) is 6.07 Å². The van der Waals surface area contributed by atoms with Crippen LogP contribution in [-0.2, 0) is 10.2 Å². The zero-order chi connectivity index (χ0) is 18.5. The molecule has 1 aromatic carbocycles. The van der Waals surface area contributed by atoms with Crippen LogP contribution in [0.1, 0.15) is 22.3 Å². The number of hydrogen-bond donors (Lipinski definition) is 2. The van der Waals surface area contributed by atoms with Gasteiger partial charge in [0.05, 0.1) is 16.0 Å². The molecule has 2 amide bonds. The van der Waals surface area contributed by atoms with Crippen LogP contribution in [0.15, 0.2) is 28.9 Å². The number of carbonyl (C=O) groups excluding carboxylic acids is 2. The number of rotatable bonds is 3. The summed E-state index contributed by atoms with van der Waals surface area (Å²) in [7, 11) is 0. The average Bonchev–Trinajstić information content (AvgIpc) is 3.25. The average molecular weight is 424 g/mol. The lowest BCUT2D eigenvalue weighted by molar-refractivity contribution is -0.122. The van der Waals surface area contributed by atoms with Crippen molar-refractivity contribution in [1.29, 1.82) is 0 Å². The third-order valence-electron chi connectivity index (χ3n) is 4.81. The summed E-state index contributed by atoms with van der Waals surface area (Å²) < 4.78 is 29.0.